The van der Waals surface area contributed by atoms with Crippen molar-refractivity contribution in [3.8, 4) is 11.3 Å². The zero-order valence-corrected chi connectivity index (χ0v) is 9.80. The van der Waals surface area contributed by atoms with Crippen molar-refractivity contribution >= 4 is 16.5 Å². The monoisotopic (exact) mass is 236 g/mol. The third kappa shape index (κ3) is 2.22. The minimum absolute atomic E-state index is 0.503. The van der Waals surface area contributed by atoms with Gasteiger partial charge in [0.2, 0.25) is 0 Å². The summed E-state index contributed by atoms with van der Waals surface area (Å²) >= 11 is 1.41. The first-order chi connectivity index (χ1) is 7.70. The smallest absolute Gasteiger partial charge is 0.180 e. The molecule has 4 heteroatoms. The molecular weight excluding hydrogens is 223 g/mol. The fourth-order valence-electron chi connectivity index (χ4n) is 1.52. The zero-order chi connectivity index (χ0) is 11.5. The molecule has 0 saturated heterocycles. The number of aromatic nitrogens is 1. The number of rotatable bonds is 3. The average molecular weight is 236 g/mol. The van der Waals surface area contributed by atoms with E-state index < -0.39 is 6.17 Å². The number of hydrogen-bond acceptors (Lipinski definition) is 3. The van der Waals surface area contributed by atoms with Crippen LogP contribution in [0.2, 0.25) is 0 Å². The summed E-state index contributed by atoms with van der Waals surface area (Å²) < 4.78 is 13.4. The fourth-order valence-corrected chi connectivity index (χ4v) is 2.09. The Labute approximate surface area is 97.9 Å². The molecule has 0 spiro atoms. The number of nitrogens with zero attached hydrogens (tertiary/aromatic N) is 1. The molecule has 0 aliphatic rings. The maximum Gasteiger partial charge on any atom is 0.180 e. The second-order valence-corrected chi connectivity index (χ2v) is 4.46. The summed E-state index contributed by atoms with van der Waals surface area (Å²) in [5.41, 5.74) is 8.10. The second kappa shape index (κ2) is 4.61. The molecule has 0 amide bonds. The molecule has 84 valence electrons. The molecule has 2 nitrogen and oxygen atoms in total. The number of halogens is 1. The minimum Gasteiger partial charge on any atom is -0.375 e. The Morgan fingerprint density at radius 1 is 1.38 bits per heavy atom. The number of nitrogens with two attached hydrogens (primary N) is 1. The fraction of sp³-hybridized carbons (Fsp3) is 0.250. The molecule has 1 aromatic heterocycles. The van der Waals surface area contributed by atoms with Gasteiger partial charge in [-0.2, -0.15) is 0 Å². The summed E-state index contributed by atoms with van der Waals surface area (Å²) in [6.45, 7) is 1.83. The van der Waals surface area contributed by atoms with Crippen LogP contribution in [0.4, 0.5) is 9.52 Å². The van der Waals surface area contributed by atoms with Crippen molar-refractivity contribution in [2.24, 2.45) is 0 Å². The molecule has 0 radical (unpaired) electrons. The third-order valence-electron chi connectivity index (χ3n) is 2.45. The molecule has 1 unspecified atom stereocenters. The standard InChI is InChI=1S/C12H13FN2S/c1-2-10(13)8-3-5-9(6-4-8)11-7-16-12(14)15-11/h3-7,10H,2H2,1H3,(H2,14,15). The minimum atomic E-state index is -0.880. The molecule has 2 N–H and O–H groups in total. The van der Waals surface area contributed by atoms with E-state index in [1.807, 2.05) is 24.4 Å². The largest absolute Gasteiger partial charge is 0.375 e. The molecule has 16 heavy (non-hydrogen) atoms. The highest BCUT2D eigenvalue weighted by atomic mass is 32.1. The summed E-state index contributed by atoms with van der Waals surface area (Å²) in [6, 6.07) is 7.37. The van der Waals surface area contributed by atoms with E-state index in [4.69, 9.17) is 5.73 Å². The first-order valence-corrected chi connectivity index (χ1v) is 6.04. The Morgan fingerprint density at radius 2 is 2.06 bits per heavy atom. The van der Waals surface area contributed by atoms with Crippen molar-refractivity contribution in [3.63, 3.8) is 0 Å². The number of alkyl halides is 1. The van der Waals surface area contributed by atoms with Crippen molar-refractivity contribution < 1.29 is 4.39 Å². The molecule has 2 aromatic rings. The topological polar surface area (TPSA) is 38.9 Å². The summed E-state index contributed by atoms with van der Waals surface area (Å²) in [6.07, 6.45) is -0.377. The van der Waals surface area contributed by atoms with Crippen LogP contribution in [-0.4, -0.2) is 4.98 Å². The summed E-state index contributed by atoms with van der Waals surface area (Å²) in [5.74, 6) is 0. The SMILES string of the molecule is CCC(F)c1ccc(-c2csc(N)n2)cc1. The van der Waals surface area contributed by atoms with Crippen molar-refractivity contribution in [2.45, 2.75) is 19.5 Å². The van der Waals surface area contributed by atoms with Crippen LogP contribution in [0.15, 0.2) is 29.6 Å². The van der Waals surface area contributed by atoms with E-state index in [0.29, 0.717) is 11.6 Å². The molecule has 0 saturated carbocycles. The molecule has 0 fully saturated rings. The van der Waals surface area contributed by atoms with Gasteiger partial charge in [-0.1, -0.05) is 31.2 Å². The van der Waals surface area contributed by atoms with Gasteiger partial charge in [0, 0.05) is 10.9 Å². The Bertz CT molecular complexity index is 464. The van der Waals surface area contributed by atoms with Crippen LogP contribution < -0.4 is 5.73 Å². The van der Waals surface area contributed by atoms with Crippen molar-refractivity contribution in [2.75, 3.05) is 5.73 Å². The van der Waals surface area contributed by atoms with Gasteiger partial charge >= 0.3 is 0 Å². The van der Waals surface area contributed by atoms with E-state index in [9.17, 15) is 4.39 Å². The zero-order valence-electron chi connectivity index (χ0n) is 8.98. The van der Waals surface area contributed by atoms with Gasteiger partial charge in [-0.3, -0.25) is 0 Å². The lowest BCUT2D eigenvalue weighted by Gasteiger charge is -2.05. The Kier molecular flexibility index (Phi) is 3.19. The molecule has 1 heterocycles. The molecular formula is C12H13FN2S. The quantitative estimate of drug-likeness (QED) is 0.880. The van der Waals surface area contributed by atoms with Gasteiger partial charge in [0.05, 0.1) is 5.69 Å². The van der Waals surface area contributed by atoms with Crippen molar-refractivity contribution in [3.05, 3.63) is 35.2 Å². The van der Waals surface area contributed by atoms with E-state index in [0.717, 1.165) is 16.8 Å². The first kappa shape index (κ1) is 11.1. The lowest BCUT2D eigenvalue weighted by Crippen LogP contribution is -1.89. The van der Waals surface area contributed by atoms with E-state index >= 15 is 0 Å². The Hall–Kier alpha value is -1.42. The van der Waals surface area contributed by atoms with Crippen LogP contribution in [0.1, 0.15) is 25.1 Å². The average Bonchev–Trinajstić information content (AvgIpc) is 2.75. The molecule has 0 aliphatic heterocycles. The highest BCUT2D eigenvalue weighted by Crippen LogP contribution is 2.26. The first-order valence-electron chi connectivity index (χ1n) is 5.16. The summed E-state index contributed by atoms with van der Waals surface area (Å²) in [5, 5.41) is 2.45. The van der Waals surface area contributed by atoms with Crippen molar-refractivity contribution in [1.29, 1.82) is 0 Å². The predicted octanol–water partition coefficient (Wildman–Crippen LogP) is 3.81. The number of anilines is 1. The van der Waals surface area contributed by atoms with Gasteiger partial charge in [0.1, 0.15) is 6.17 Å². The molecule has 1 aromatic carbocycles. The molecule has 0 bridgehead atoms. The van der Waals surface area contributed by atoms with Crippen LogP contribution in [0.25, 0.3) is 11.3 Å². The van der Waals surface area contributed by atoms with E-state index in [2.05, 4.69) is 4.98 Å². The number of nitrogen functional groups attached to an aromatic ring is 1. The Morgan fingerprint density at radius 3 is 2.56 bits per heavy atom. The lowest BCUT2D eigenvalue weighted by atomic mass is 10.1. The molecule has 0 aliphatic carbocycles. The van der Waals surface area contributed by atoms with Gasteiger partial charge in [0.25, 0.3) is 0 Å². The highest BCUT2D eigenvalue weighted by molar-refractivity contribution is 7.13. The van der Waals surface area contributed by atoms with Crippen LogP contribution in [0, 0.1) is 0 Å². The predicted molar refractivity (Wildman–Crippen MR) is 66.1 cm³/mol. The Balaban J connectivity index is 2.25. The molecule has 1 atom stereocenters. The van der Waals surface area contributed by atoms with Crippen LogP contribution >= 0.6 is 11.3 Å². The highest BCUT2D eigenvalue weighted by Gasteiger charge is 2.07. The normalized spacial score (nSPS) is 12.6. The summed E-state index contributed by atoms with van der Waals surface area (Å²) in [4.78, 5) is 4.18. The molecule has 2 rings (SSSR count). The third-order valence-corrected chi connectivity index (χ3v) is 3.12. The van der Waals surface area contributed by atoms with E-state index in [1.165, 1.54) is 11.3 Å². The number of thiazole rings is 1. The summed E-state index contributed by atoms with van der Waals surface area (Å²) in [7, 11) is 0. The van der Waals surface area contributed by atoms with E-state index in [1.54, 1.807) is 12.1 Å². The number of benzene rings is 1. The van der Waals surface area contributed by atoms with Gasteiger partial charge < -0.3 is 5.73 Å². The van der Waals surface area contributed by atoms with Gasteiger partial charge in [-0.15, -0.1) is 11.3 Å². The number of hydrogen-bond donors (Lipinski definition) is 1. The van der Waals surface area contributed by atoms with Gasteiger partial charge in [-0.25, -0.2) is 9.37 Å². The lowest BCUT2D eigenvalue weighted by molar-refractivity contribution is 0.334. The maximum absolute atomic E-state index is 13.4. The van der Waals surface area contributed by atoms with E-state index in [-0.39, 0.29) is 0 Å². The van der Waals surface area contributed by atoms with Crippen LogP contribution in [0.5, 0.6) is 0 Å². The van der Waals surface area contributed by atoms with Gasteiger partial charge in [0.15, 0.2) is 5.13 Å². The van der Waals surface area contributed by atoms with Crippen molar-refractivity contribution in [1.82, 2.24) is 4.98 Å². The van der Waals surface area contributed by atoms with Crippen LogP contribution in [0.3, 0.4) is 0 Å². The maximum atomic E-state index is 13.4. The second-order valence-electron chi connectivity index (χ2n) is 3.57. The van der Waals surface area contributed by atoms with Gasteiger partial charge in [-0.05, 0) is 12.0 Å². The van der Waals surface area contributed by atoms with Crippen LogP contribution in [-0.2, 0) is 0 Å².